The fraction of sp³-hybridized carbons (Fsp3) is 0.600. The highest BCUT2D eigenvalue weighted by molar-refractivity contribution is 5.93. The van der Waals surface area contributed by atoms with Crippen LogP contribution in [-0.2, 0) is 9.59 Å². The van der Waals surface area contributed by atoms with Gasteiger partial charge in [0.05, 0.1) is 0 Å². The average molecular weight is 234 g/mol. The first-order valence-corrected chi connectivity index (χ1v) is 6.37. The summed E-state index contributed by atoms with van der Waals surface area (Å²) in [4.78, 5) is 22.3. The Morgan fingerprint density at radius 1 is 1.59 bits per heavy atom. The highest BCUT2D eigenvalue weighted by Crippen LogP contribution is 2.29. The van der Waals surface area contributed by atoms with Gasteiger partial charge in [0.15, 0.2) is 5.78 Å². The van der Waals surface area contributed by atoms with Gasteiger partial charge in [0.25, 0.3) is 0 Å². The number of aldehydes is 1. The molecule has 0 fully saturated rings. The van der Waals surface area contributed by atoms with Crippen LogP contribution in [0, 0.1) is 11.8 Å². The molecule has 0 aromatic rings. The summed E-state index contributed by atoms with van der Waals surface area (Å²) in [5, 5.41) is 0. The van der Waals surface area contributed by atoms with Gasteiger partial charge in [0.2, 0.25) is 0 Å². The Balaban J connectivity index is 2.46. The molecule has 0 aliphatic heterocycles. The van der Waals surface area contributed by atoms with E-state index >= 15 is 0 Å². The molecule has 0 N–H and O–H groups in total. The number of carbonyl (C=O) groups is 2. The van der Waals surface area contributed by atoms with Crippen molar-refractivity contribution in [1.29, 1.82) is 0 Å². The second-order valence-electron chi connectivity index (χ2n) is 5.16. The van der Waals surface area contributed by atoms with E-state index in [1.807, 2.05) is 19.9 Å². The van der Waals surface area contributed by atoms with Crippen LogP contribution in [-0.4, -0.2) is 12.1 Å². The summed E-state index contributed by atoms with van der Waals surface area (Å²) in [6.07, 6.45) is 8.53. The van der Waals surface area contributed by atoms with E-state index in [9.17, 15) is 9.59 Å². The maximum Gasteiger partial charge on any atom is 0.158 e. The van der Waals surface area contributed by atoms with Gasteiger partial charge in [-0.15, -0.1) is 0 Å². The minimum absolute atomic E-state index is 0.184. The summed E-state index contributed by atoms with van der Waals surface area (Å²) in [5.74, 6) is 0.878. The van der Waals surface area contributed by atoms with Gasteiger partial charge in [-0.25, -0.2) is 0 Å². The first-order chi connectivity index (χ1) is 8.04. The van der Waals surface area contributed by atoms with Gasteiger partial charge in [0.1, 0.15) is 6.29 Å². The van der Waals surface area contributed by atoms with Gasteiger partial charge in [-0.3, -0.25) is 9.59 Å². The van der Waals surface area contributed by atoms with Crippen molar-refractivity contribution in [3.8, 4) is 0 Å². The first-order valence-electron chi connectivity index (χ1n) is 6.37. The van der Waals surface area contributed by atoms with Crippen LogP contribution in [0.15, 0.2) is 23.3 Å². The molecule has 0 heterocycles. The topological polar surface area (TPSA) is 34.1 Å². The van der Waals surface area contributed by atoms with E-state index in [-0.39, 0.29) is 11.7 Å². The number of hydrogen-bond acceptors (Lipinski definition) is 2. The minimum Gasteiger partial charge on any atom is -0.298 e. The van der Waals surface area contributed by atoms with Gasteiger partial charge in [0, 0.05) is 5.92 Å². The van der Waals surface area contributed by atoms with Crippen LogP contribution in [0.2, 0.25) is 0 Å². The SMILES string of the molecule is CC(C=O)=CCCC(C)C1CCC(C)=CC1=O. The van der Waals surface area contributed by atoms with Gasteiger partial charge in [-0.05, 0) is 57.1 Å². The maximum atomic E-state index is 11.9. The molecule has 1 aliphatic rings. The van der Waals surface area contributed by atoms with Crippen molar-refractivity contribution in [2.45, 2.75) is 46.5 Å². The predicted octanol–water partition coefficient (Wildman–Crippen LogP) is 3.47. The number of rotatable bonds is 5. The molecule has 17 heavy (non-hydrogen) atoms. The number of ketones is 1. The third kappa shape index (κ3) is 4.29. The number of hydrogen-bond donors (Lipinski definition) is 0. The summed E-state index contributed by atoms with van der Waals surface area (Å²) >= 11 is 0. The molecule has 2 atom stereocenters. The van der Waals surface area contributed by atoms with E-state index in [0.29, 0.717) is 5.92 Å². The molecule has 2 nitrogen and oxygen atoms in total. The van der Waals surface area contributed by atoms with Crippen molar-refractivity contribution in [3.05, 3.63) is 23.3 Å². The van der Waals surface area contributed by atoms with Gasteiger partial charge >= 0.3 is 0 Å². The van der Waals surface area contributed by atoms with Crippen LogP contribution in [0.4, 0.5) is 0 Å². The van der Waals surface area contributed by atoms with Crippen LogP contribution in [0.3, 0.4) is 0 Å². The zero-order valence-corrected chi connectivity index (χ0v) is 11.0. The minimum atomic E-state index is 0.184. The van der Waals surface area contributed by atoms with Crippen LogP contribution in [0.5, 0.6) is 0 Å². The van der Waals surface area contributed by atoms with Gasteiger partial charge in [-0.1, -0.05) is 18.6 Å². The molecule has 0 spiro atoms. The van der Waals surface area contributed by atoms with Crippen LogP contribution in [0.25, 0.3) is 0 Å². The zero-order chi connectivity index (χ0) is 12.8. The van der Waals surface area contributed by atoms with Gasteiger partial charge < -0.3 is 0 Å². The van der Waals surface area contributed by atoms with Crippen molar-refractivity contribution in [1.82, 2.24) is 0 Å². The third-order valence-electron chi connectivity index (χ3n) is 3.56. The van der Waals surface area contributed by atoms with E-state index in [4.69, 9.17) is 0 Å². The standard InChI is InChI=1S/C15H22O2/c1-11-7-8-14(15(17)9-11)13(3)6-4-5-12(2)10-16/h5,9-10,13-14H,4,6-8H2,1-3H3. The Bertz CT molecular complexity index is 350. The molecule has 0 bridgehead atoms. The first kappa shape index (κ1) is 13.9. The lowest BCUT2D eigenvalue weighted by Gasteiger charge is -2.25. The fourth-order valence-corrected chi connectivity index (χ4v) is 2.34. The smallest absolute Gasteiger partial charge is 0.158 e. The Morgan fingerprint density at radius 2 is 2.29 bits per heavy atom. The van der Waals surface area contributed by atoms with Crippen LogP contribution in [0.1, 0.15) is 46.5 Å². The molecule has 0 radical (unpaired) electrons. The molecule has 0 amide bonds. The molecule has 2 unspecified atom stereocenters. The lowest BCUT2D eigenvalue weighted by Crippen LogP contribution is -2.23. The van der Waals surface area contributed by atoms with E-state index in [1.165, 1.54) is 5.57 Å². The van der Waals surface area contributed by atoms with Crippen LogP contribution >= 0.6 is 0 Å². The second-order valence-corrected chi connectivity index (χ2v) is 5.16. The molecule has 2 heteroatoms. The molecular weight excluding hydrogens is 212 g/mol. The van der Waals surface area contributed by atoms with E-state index < -0.39 is 0 Å². The Kier molecular flexibility index (Phi) is 5.33. The summed E-state index contributed by atoms with van der Waals surface area (Å²) in [6, 6.07) is 0. The average Bonchev–Trinajstić information content (AvgIpc) is 2.28. The molecule has 94 valence electrons. The van der Waals surface area contributed by atoms with E-state index in [0.717, 1.165) is 37.5 Å². The predicted molar refractivity (Wildman–Crippen MR) is 69.7 cm³/mol. The summed E-state index contributed by atoms with van der Waals surface area (Å²) in [5.41, 5.74) is 1.98. The summed E-state index contributed by atoms with van der Waals surface area (Å²) in [6.45, 7) is 5.98. The molecule has 0 aromatic heterocycles. The number of allylic oxidation sites excluding steroid dienone is 4. The largest absolute Gasteiger partial charge is 0.298 e. The molecule has 0 saturated heterocycles. The molecule has 0 aromatic carbocycles. The van der Waals surface area contributed by atoms with Crippen molar-refractivity contribution >= 4 is 12.1 Å². The highest BCUT2D eigenvalue weighted by Gasteiger charge is 2.25. The van der Waals surface area contributed by atoms with Crippen molar-refractivity contribution in [2.75, 3.05) is 0 Å². The normalized spacial score (nSPS) is 23.2. The summed E-state index contributed by atoms with van der Waals surface area (Å²) < 4.78 is 0. The zero-order valence-electron chi connectivity index (χ0n) is 11.0. The van der Waals surface area contributed by atoms with Crippen LogP contribution < -0.4 is 0 Å². The summed E-state index contributed by atoms with van der Waals surface area (Å²) in [7, 11) is 0. The second kappa shape index (κ2) is 6.53. The molecule has 1 rings (SSSR count). The Morgan fingerprint density at radius 3 is 2.88 bits per heavy atom. The fourth-order valence-electron chi connectivity index (χ4n) is 2.34. The quantitative estimate of drug-likeness (QED) is 0.539. The third-order valence-corrected chi connectivity index (χ3v) is 3.56. The van der Waals surface area contributed by atoms with Gasteiger partial charge in [-0.2, -0.15) is 0 Å². The molecular formula is C15H22O2. The van der Waals surface area contributed by atoms with Crippen molar-refractivity contribution < 1.29 is 9.59 Å². The molecule has 0 saturated carbocycles. The highest BCUT2D eigenvalue weighted by atomic mass is 16.1. The lowest BCUT2D eigenvalue weighted by atomic mass is 9.79. The molecule has 1 aliphatic carbocycles. The monoisotopic (exact) mass is 234 g/mol. The maximum absolute atomic E-state index is 11.9. The lowest BCUT2D eigenvalue weighted by molar-refractivity contribution is -0.120. The number of carbonyl (C=O) groups excluding carboxylic acids is 2. The van der Waals surface area contributed by atoms with Crippen molar-refractivity contribution in [3.63, 3.8) is 0 Å². The van der Waals surface area contributed by atoms with Crippen molar-refractivity contribution in [2.24, 2.45) is 11.8 Å². The van der Waals surface area contributed by atoms with E-state index in [1.54, 1.807) is 6.08 Å². The Labute approximate surface area is 104 Å². The Hall–Kier alpha value is -1.18. The van der Waals surface area contributed by atoms with E-state index in [2.05, 4.69) is 6.92 Å².